The van der Waals surface area contributed by atoms with Crippen LogP contribution < -0.4 is 29.3 Å². The number of oxime groups is 1. The molecule has 3 amide bonds. The Morgan fingerprint density at radius 3 is 2.26 bits per heavy atom. The van der Waals surface area contributed by atoms with E-state index in [0.717, 1.165) is 83.5 Å². The number of methoxy groups -OCH3 is 1. The maximum absolute atomic E-state index is 14.2. The third-order valence-corrected chi connectivity index (χ3v) is 17.4. The molecule has 0 aliphatic carbocycles. The lowest BCUT2D eigenvalue weighted by Gasteiger charge is -2.23. The summed E-state index contributed by atoms with van der Waals surface area (Å²) in [7, 11) is 5.07. The second kappa shape index (κ2) is 23.7. The summed E-state index contributed by atoms with van der Waals surface area (Å²) < 4.78 is 18.7. The first-order chi connectivity index (χ1) is 35.9. The van der Waals surface area contributed by atoms with Gasteiger partial charge in [-0.3, -0.25) is 29.1 Å². The number of carbonyl (C=O) groups excluding carboxylic acids is 4. The van der Waals surface area contributed by atoms with Crippen LogP contribution in [0.25, 0.3) is 0 Å². The van der Waals surface area contributed by atoms with Crippen molar-refractivity contribution in [2.45, 2.75) is 128 Å². The molecule has 4 aliphatic heterocycles. The Kier molecular flexibility index (Phi) is 16.8. The lowest BCUT2D eigenvalue weighted by molar-refractivity contribution is -0.119. The number of aryl methyl sites for hydroxylation is 2. The molecule has 4 heterocycles. The summed E-state index contributed by atoms with van der Waals surface area (Å²) in [5.74, 6) is 2.48. The minimum Gasteiger partial charge on any atom is -0.493 e. The van der Waals surface area contributed by atoms with Gasteiger partial charge in [0.2, 0.25) is 5.91 Å². The maximum atomic E-state index is 14.2. The van der Waals surface area contributed by atoms with E-state index in [-0.39, 0.29) is 53.5 Å². The molecule has 0 fully saturated rings. The third-order valence-electron chi connectivity index (χ3n) is 14.0. The molecule has 5 aromatic rings. The quantitative estimate of drug-likeness (QED) is 0.0290. The molecule has 0 spiro atoms. The number of ketones is 1. The number of aliphatic imine (C=N–C) groups is 1. The van der Waals surface area contributed by atoms with Crippen LogP contribution in [0.5, 0.6) is 17.2 Å². The molecule has 0 saturated carbocycles. The Balaban J connectivity index is 0.871. The number of nitrogens with one attached hydrogen (secondary N) is 1. The fourth-order valence-corrected chi connectivity index (χ4v) is 12.8. The summed E-state index contributed by atoms with van der Waals surface area (Å²) in [6.45, 7) is 8.85. The predicted molar refractivity (Wildman–Crippen MR) is 297 cm³/mol. The number of anilines is 3. The van der Waals surface area contributed by atoms with E-state index in [9.17, 15) is 19.2 Å². The lowest BCUT2D eigenvalue weighted by atomic mass is 9.99. The van der Waals surface area contributed by atoms with Gasteiger partial charge in [0.15, 0.2) is 11.5 Å². The first kappa shape index (κ1) is 52.3. The van der Waals surface area contributed by atoms with Crippen molar-refractivity contribution >= 4 is 80.3 Å². The van der Waals surface area contributed by atoms with Gasteiger partial charge in [-0.2, -0.15) is 0 Å². The molecule has 9 rings (SSSR count). The molecule has 0 aromatic heterocycles. The predicted octanol–water partition coefficient (Wildman–Crippen LogP) is 12.4. The topological polar surface area (TPSA) is 148 Å². The van der Waals surface area contributed by atoms with Crippen LogP contribution in [0, 0.1) is 6.92 Å². The zero-order valence-electron chi connectivity index (χ0n) is 42.9. The van der Waals surface area contributed by atoms with Gasteiger partial charge in [0.05, 0.1) is 24.4 Å². The third kappa shape index (κ3) is 12.3. The van der Waals surface area contributed by atoms with E-state index in [0.29, 0.717) is 78.5 Å². The summed E-state index contributed by atoms with van der Waals surface area (Å²) in [5.41, 5.74) is 9.83. The van der Waals surface area contributed by atoms with Gasteiger partial charge in [0.25, 0.3) is 11.8 Å². The van der Waals surface area contributed by atoms with Crippen molar-refractivity contribution in [3.05, 3.63) is 136 Å². The number of para-hydroxylation sites is 2. The summed E-state index contributed by atoms with van der Waals surface area (Å²) in [5, 5.41) is 6.90. The maximum Gasteiger partial charge on any atom is 0.261 e. The highest BCUT2D eigenvalue weighted by molar-refractivity contribution is 8.77. The molecular formula is C59H65N5O8S2. The van der Waals surface area contributed by atoms with Crippen molar-refractivity contribution in [2.24, 2.45) is 10.1 Å². The second-order valence-electron chi connectivity index (χ2n) is 20.0. The van der Waals surface area contributed by atoms with Crippen LogP contribution in [0.1, 0.15) is 126 Å². The molecule has 0 unspecified atom stereocenters. The number of Topliss-reactive ketones (excluding diaryl/α,β-unsaturated/α-hetero) is 1. The number of nitrogens with zero attached hydrogens (tertiary/aromatic N) is 4. The zero-order valence-corrected chi connectivity index (χ0v) is 44.6. The van der Waals surface area contributed by atoms with Crippen LogP contribution in [0.15, 0.2) is 101 Å². The molecular weight excluding hydrogens is 971 g/mol. The van der Waals surface area contributed by atoms with Crippen LogP contribution in [-0.2, 0) is 46.9 Å². The zero-order chi connectivity index (χ0) is 51.8. The molecule has 4 aliphatic rings. The molecule has 386 valence electrons. The highest BCUT2D eigenvalue weighted by Crippen LogP contribution is 2.43. The normalized spacial score (nSPS) is 16.4. The number of ether oxygens (including phenoxy) is 3. The number of amides is 3. The standard InChI is InChI=1S/C59H65N5O8S2/c1-6-61-72-24-12-11-16-47(65)17-13-25-73-74-59(3,4)23-22-56(66)62-44-28-39(36-70-53-34-50-49(26-38(53)2)58(68)64-46(35-60-50)31-43-15-8-10-19-52(43)64)27-40(29-44)37-71-55-32-41-20-21-45-30-42-14-7-9-18-51(42)63(45)57(67)48(41)33-54(55)69-5/h6-10,14-15,18-19,26-29,32-35,45-46H,11-13,16-17,20-25,30-31,36-37H2,1-5H3,(H,62,66)/t45-,46+/m1/s1. The van der Waals surface area contributed by atoms with Gasteiger partial charge in [0.1, 0.15) is 31.4 Å². The van der Waals surface area contributed by atoms with Crippen molar-refractivity contribution in [3.63, 3.8) is 0 Å². The summed E-state index contributed by atoms with van der Waals surface area (Å²) >= 11 is 0. The number of rotatable bonds is 23. The van der Waals surface area contributed by atoms with E-state index in [1.165, 1.54) is 5.56 Å². The Labute approximate surface area is 442 Å². The summed E-state index contributed by atoms with van der Waals surface area (Å²) in [4.78, 5) is 68.0. The van der Waals surface area contributed by atoms with Gasteiger partial charge in [-0.15, -0.1) is 0 Å². The monoisotopic (exact) mass is 1040 g/mol. The van der Waals surface area contributed by atoms with Crippen molar-refractivity contribution in [2.75, 3.05) is 34.6 Å². The second-order valence-corrected chi connectivity index (χ2v) is 23.1. The average molecular weight is 1040 g/mol. The summed E-state index contributed by atoms with van der Waals surface area (Å²) in [6, 6.07) is 29.3. The van der Waals surface area contributed by atoms with Crippen LogP contribution in [0.3, 0.4) is 0 Å². The first-order valence-corrected chi connectivity index (χ1v) is 28.0. The van der Waals surface area contributed by atoms with Crippen LogP contribution in [0.4, 0.5) is 22.7 Å². The van der Waals surface area contributed by atoms with Crippen LogP contribution in [-0.4, -0.2) is 72.2 Å². The molecule has 0 radical (unpaired) electrons. The SMILES string of the molecule is CC=NOCCCCC(=O)CCCSSC(C)(C)CCC(=O)Nc1cc(COc2cc3c(cc2C)C(=O)N2c4ccccc4C[C@H]2C=N3)cc(COc2cc3c(cc2OC)C(=O)N2c4ccccc4C[C@H]2CC3)c1. The van der Waals surface area contributed by atoms with E-state index in [1.54, 1.807) is 47.9 Å². The Hall–Kier alpha value is -6.58. The molecule has 0 saturated heterocycles. The Morgan fingerprint density at radius 1 is 0.797 bits per heavy atom. The van der Waals surface area contributed by atoms with Gasteiger partial charge in [0, 0.05) is 83.3 Å². The van der Waals surface area contributed by atoms with E-state index in [4.69, 9.17) is 24.0 Å². The first-order valence-electron chi connectivity index (χ1n) is 25.7. The molecule has 2 atom stereocenters. The molecule has 74 heavy (non-hydrogen) atoms. The van der Waals surface area contributed by atoms with Crippen molar-refractivity contribution in [1.29, 1.82) is 0 Å². The molecule has 5 aromatic carbocycles. The molecule has 0 bridgehead atoms. The number of unbranched alkanes of at least 4 members (excludes halogenated alkanes) is 1. The fraction of sp³-hybridized carbons (Fsp3) is 0.390. The number of hydrogen-bond acceptors (Lipinski definition) is 12. The Morgan fingerprint density at radius 2 is 1.50 bits per heavy atom. The smallest absolute Gasteiger partial charge is 0.261 e. The highest BCUT2D eigenvalue weighted by Gasteiger charge is 2.38. The van der Waals surface area contributed by atoms with Crippen molar-refractivity contribution in [1.82, 2.24) is 0 Å². The minimum absolute atomic E-state index is 0.0312. The average Bonchev–Trinajstić information content (AvgIpc) is 3.89. The van der Waals surface area contributed by atoms with E-state index < -0.39 is 0 Å². The van der Waals surface area contributed by atoms with E-state index >= 15 is 0 Å². The highest BCUT2D eigenvalue weighted by atomic mass is 33.1. The van der Waals surface area contributed by atoms with Crippen LogP contribution in [0.2, 0.25) is 0 Å². The van der Waals surface area contributed by atoms with Gasteiger partial charge in [-0.1, -0.05) is 63.1 Å². The van der Waals surface area contributed by atoms with Crippen molar-refractivity contribution < 1.29 is 38.2 Å². The van der Waals surface area contributed by atoms with Gasteiger partial charge >= 0.3 is 0 Å². The van der Waals surface area contributed by atoms with Gasteiger partial charge < -0.3 is 29.3 Å². The van der Waals surface area contributed by atoms with Gasteiger partial charge in [-0.05, 0) is 155 Å². The summed E-state index contributed by atoms with van der Waals surface area (Å²) in [6.07, 6.45) is 11.1. The van der Waals surface area contributed by atoms with E-state index in [1.807, 2.05) is 95.7 Å². The lowest BCUT2D eigenvalue weighted by Crippen LogP contribution is -2.37. The fourth-order valence-electron chi connectivity index (χ4n) is 10.2. The van der Waals surface area contributed by atoms with Gasteiger partial charge in [-0.25, -0.2) is 0 Å². The number of carbonyl (C=O) groups is 4. The van der Waals surface area contributed by atoms with E-state index in [2.05, 4.69) is 36.5 Å². The number of hydrogen-bond donors (Lipinski definition) is 1. The largest absolute Gasteiger partial charge is 0.493 e. The number of fused-ring (bicyclic) bond motifs is 8. The van der Waals surface area contributed by atoms with Crippen LogP contribution >= 0.6 is 21.6 Å². The Bertz CT molecular complexity index is 2970. The minimum atomic E-state index is -0.180. The number of benzene rings is 5. The molecule has 1 N–H and O–H groups in total. The molecule has 15 heteroatoms. The molecule has 13 nitrogen and oxygen atoms in total. The van der Waals surface area contributed by atoms with Crippen molar-refractivity contribution in [3.8, 4) is 17.2 Å².